The molecule has 0 radical (unpaired) electrons. The molecule has 0 aromatic carbocycles. The summed E-state index contributed by atoms with van der Waals surface area (Å²) in [6.45, 7) is 6.49. The van der Waals surface area contributed by atoms with Crippen LogP contribution in [0.1, 0.15) is 39.5 Å². The molecule has 0 saturated heterocycles. The second-order valence-corrected chi connectivity index (χ2v) is 4.43. The highest BCUT2D eigenvalue weighted by molar-refractivity contribution is 4.94. The first-order chi connectivity index (χ1) is 6.22. The normalized spacial score (nSPS) is 22.4. The van der Waals surface area contributed by atoms with E-state index in [2.05, 4.69) is 19.2 Å². The van der Waals surface area contributed by atoms with E-state index in [0.29, 0.717) is 11.5 Å². The SMILES string of the molecule is CCC1(NCC(C)COC)CCC1. The van der Waals surface area contributed by atoms with Crippen molar-refractivity contribution in [1.82, 2.24) is 5.32 Å². The summed E-state index contributed by atoms with van der Waals surface area (Å²) in [6, 6.07) is 0. The maximum absolute atomic E-state index is 5.11. The van der Waals surface area contributed by atoms with Crippen LogP contribution in [0.3, 0.4) is 0 Å². The smallest absolute Gasteiger partial charge is 0.0499 e. The van der Waals surface area contributed by atoms with E-state index < -0.39 is 0 Å². The fourth-order valence-electron chi connectivity index (χ4n) is 1.99. The number of hydrogen-bond donors (Lipinski definition) is 1. The van der Waals surface area contributed by atoms with Crippen molar-refractivity contribution in [2.45, 2.75) is 45.1 Å². The molecule has 0 aromatic rings. The molecule has 0 aromatic heterocycles. The first-order valence-corrected chi connectivity index (χ1v) is 5.46. The molecule has 78 valence electrons. The van der Waals surface area contributed by atoms with Crippen molar-refractivity contribution in [2.24, 2.45) is 5.92 Å². The maximum atomic E-state index is 5.11. The number of ether oxygens (including phenoxy) is 1. The molecule has 1 N–H and O–H groups in total. The van der Waals surface area contributed by atoms with Crippen LogP contribution in [0.5, 0.6) is 0 Å². The van der Waals surface area contributed by atoms with Gasteiger partial charge >= 0.3 is 0 Å². The molecule has 2 nitrogen and oxygen atoms in total. The highest BCUT2D eigenvalue weighted by Gasteiger charge is 2.34. The second kappa shape index (κ2) is 4.97. The van der Waals surface area contributed by atoms with E-state index in [-0.39, 0.29) is 0 Å². The first kappa shape index (κ1) is 11.0. The number of hydrogen-bond acceptors (Lipinski definition) is 2. The summed E-state index contributed by atoms with van der Waals surface area (Å²) in [5, 5.41) is 3.69. The third-order valence-corrected chi connectivity index (χ3v) is 3.26. The van der Waals surface area contributed by atoms with Gasteiger partial charge in [-0.25, -0.2) is 0 Å². The maximum Gasteiger partial charge on any atom is 0.0499 e. The molecule has 1 saturated carbocycles. The molecule has 1 unspecified atom stereocenters. The van der Waals surface area contributed by atoms with Crippen LogP contribution < -0.4 is 5.32 Å². The van der Waals surface area contributed by atoms with Crippen LogP contribution in [0.4, 0.5) is 0 Å². The van der Waals surface area contributed by atoms with E-state index in [1.165, 1.54) is 25.7 Å². The predicted octanol–water partition coefficient (Wildman–Crippen LogP) is 2.19. The van der Waals surface area contributed by atoms with Crippen LogP contribution in [0.25, 0.3) is 0 Å². The van der Waals surface area contributed by atoms with E-state index in [1.54, 1.807) is 7.11 Å². The van der Waals surface area contributed by atoms with Crippen LogP contribution in [-0.2, 0) is 4.74 Å². The van der Waals surface area contributed by atoms with Gasteiger partial charge in [0.1, 0.15) is 0 Å². The molecule has 0 spiro atoms. The number of methoxy groups -OCH3 is 1. The Balaban J connectivity index is 2.16. The number of nitrogens with one attached hydrogen (secondary N) is 1. The van der Waals surface area contributed by atoms with Gasteiger partial charge in [-0.2, -0.15) is 0 Å². The Morgan fingerprint density at radius 1 is 1.46 bits per heavy atom. The molecule has 1 fully saturated rings. The third-order valence-electron chi connectivity index (χ3n) is 3.26. The summed E-state index contributed by atoms with van der Waals surface area (Å²) >= 11 is 0. The van der Waals surface area contributed by atoms with E-state index in [0.717, 1.165) is 13.2 Å². The van der Waals surface area contributed by atoms with Gasteiger partial charge in [0.15, 0.2) is 0 Å². The summed E-state index contributed by atoms with van der Waals surface area (Å²) in [6.07, 6.45) is 5.40. The zero-order valence-corrected chi connectivity index (χ0v) is 9.23. The van der Waals surface area contributed by atoms with Gasteiger partial charge in [-0.3, -0.25) is 0 Å². The highest BCUT2D eigenvalue weighted by Crippen LogP contribution is 2.34. The van der Waals surface area contributed by atoms with E-state index in [1.807, 2.05) is 0 Å². The Bertz CT molecular complexity index is 138. The Labute approximate surface area is 82.0 Å². The van der Waals surface area contributed by atoms with Crippen molar-refractivity contribution in [2.75, 3.05) is 20.3 Å². The molecule has 0 bridgehead atoms. The molecule has 1 rings (SSSR count). The van der Waals surface area contributed by atoms with Gasteiger partial charge in [0.25, 0.3) is 0 Å². The Morgan fingerprint density at radius 3 is 2.54 bits per heavy atom. The van der Waals surface area contributed by atoms with Crippen LogP contribution >= 0.6 is 0 Å². The van der Waals surface area contributed by atoms with Crippen molar-refractivity contribution in [3.05, 3.63) is 0 Å². The standard InChI is InChI=1S/C11H23NO/c1-4-11(6-5-7-11)12-8-10(2)9-13-3/h10,12H,4-9H2,1-3H3. The lowest BCUT2D eigenvalue weighted by atomic mass is 9.74. The molecule has 1 aliphatic carbocycles. The minimum absolute atomic E-state index is 0.488. The molecule has 13 heavy (non-hydrogen) atoms. The van der Waals surface area contributed by atoms with Crippen molar-refractivity contribution >= 4 is 0 Å². The minimum atomic E-state index is 0.488. The first-order valence-electron chi connectivity index (χ1n) is 5.46. The van der Waals surface area contributed by atoms with Gasteiger partial charge in [0.2, 0.25) is 0 Å². The molecule has 2 heteroatoms. The molecule has 1 atom stereocenters. The summed E-state index contributed by atoms with van der Waals surface area (Å²) in [5.74, 6) is 0.633. The summed E-state index contributed by atoms with van der Waals surface area (Å²) < 4.78 is 5.11. The predicted molar refractivity (Wildman–Crippen MR) is 55.9 cm³/mol. The lowest BCUT2D eigenvalue weighted by molar-refractivity contribution is 0.130. The van der Waals surface area contributed by atoms with Gasteiger partial charge < -0.3 is 10.1 Å². The van der Waals surface area contributed by atoms with E-state index >= 15 is 0 Å². The molecule has 0 aliphatic heterocycles. The topological polar surface area (TPSA) is 21.3 Å². The second-order valence-electron chi connectivity index (χ2n) is 4.43. The van der Waals surface area contributed by atoms with Crippen molar-refractivity contribution in [1.29, 1.82) is 0 Å². The van der Waals surface area contributed by atoms with Gasteiger partial charge in [-0.1, -0.05) is 13.8 Å². The van der Waals surface area contributed by atoms with Gasteiger partial charge in [0.05, 0.1) is 0 Å². The Kier molecular flexibility index (Phi) is 4.20. The van der Waals surface area contributed by atoms with E-state index in [4.69, 9.17) is 4.74 Å². The van der Waals surface area contributed by atoms with Crippen LogP contribution in [0.2, 0.25) is 0 Å². The van der Waals surface area contributed by atoms with Gasteiger partial charge in [-0.15, -0.1) is 0 Å². The molecule has 1 aliphatic rings. The minimum Gasteiger partial charge on any atom is -0.384 e. The van der Waals surface area contributed by atoms with Crippen molar-refractivity contribution < 1.29 is 4.74 Å². The molecule has 0 amide bonds. The number of rotatable bonds is 6. The van der Waals surface area contributed by atoms with Crippen molar-refractivity contribution in [3.63, 3.8) is 0 Å². The highest BCUT2D eigenvalue weighted by atomic mass is 16.5. The summed E-state index contributed by atoms with van der Waals surface area (Å²) in [7, 11) is 1.77. The quantitative estimate of drug-likeness (QED) is 0.685. The van der Waals surface area contributed by atoms with E-state index in [9.17, 15) is 0 Å². The average Bonchev–Trinajstić information content (AvgIpc) is 2.04. The van der Waals surface area contributed by atoms with Crippen LogP contribution in [0.15, 0.2) is 0 Å². The Hall–Kier alpha value is -0.0800. The monoisotopic (exact) mass is 185 g/mol. The molecule has 0 heterocycles. The molecular formula is C11H23NO. The fourth-order valence-corrected chi connectivity index (χ4v) is 1.99. The third kappa shape index (κ3) is 2.96. The fraction of sp³-hybridized carbons (Fsp3) is 1.00. The zero-order valence-electron chi connectivity index (χ0n) is 9.23. The van der Waals surface area contributed by atoms with Gasteiger partial charge in [-0.05, 0) is 31.6 Å². The Morgan fingerprint density at radius 2 is 2.15 bits per heavy atom. The largest absolute Gasteiger partial charge is 0.384 e. The summed E-state index contributed by atoms with van der Waals surface area (Å²) in [5.41, 5.74) is 0.488. The lowest BCUT2D eigenvalue weighted by Gasteiger charge is -2.43. The average molecular weight is 185 g/mol. The summed E-state index contributed by atoms with van der Waals surface area (Å²) in [4.78, 5) is 0. The molecular weight excluding hydrogens is 162 g/mol. The zero-order chi connectivity index (χ0) is 9.73. The van der Waals surface area contributed by atoms with Gasteiger partial charge in [0, 0.05) is 25.8 Å². The van der Waals surface area contributed by atoms with Crippen LogP contribution in [0, 0.1) is 5.92 Å². The van der Waals surface area contributed by atoms with Crippen molar-refractivity contribution in [3.8, 4) is 0 Å². The van der Waals surface area contributed by atoms with Crippen LogP contribution in [-0.4, -0.2) is 25.8 Å². The lowest BCUT2D eigenvalue weighted by Crippen LogP contribution is -2.51.